The lowest BCUT2D eigenvalue weighted by molar-refractivity contribution is -0.384. The number of likely N-dealkylation sites (tertiary alicyclic amines) is 1. The molecule has 168 valence electrons. The number of nitro groups is 1. The van der Waals surface area contributed by atoms with E-state index in [4.69, 9.17) is 0 Å². The summed E-state index contributed by atoms with van der Waals surface area (Å²) in [5, 5.41) is 11.3. The number of para-hydroxylation sites is 1. The van der Waals surface area contributed by atoms with Crippen LogP contribution >= 0.6 is 0 Å². The molecule has 0 aromatic heterocycles. The molecule has 5 unspecified atom stereocenters. The van der Waals surface area contributed by atoms with Crippen LogP contribution in [0.15, 0.2) is 54.6 Å². The van der Waals surface area contributed by atoms with Gasteiger partial charge in [-0.15, -0.1) is 0 Å². The predicted octanol–water partition coefficient (Wildman–Crippen LogP) is 3.46. The fraction of sp³-hybridized carbons (Fsp3) is 0.320. The van der Waals surface area contributed by atoms with E-state index < -0.39 is 34.6 Å². The molecule has 33 heavy (non-hydrogen) atoms. The van der Waals surface area contributed by atoms with E-state index in [9.17, 15) is 24.5 Å². The second-order valence-electron chi connectivity index (χ2n) is 8.79. The number of Topliss-reactive ketones (excluding diaryl/α,β-unsaturated/α-hetero) is 1. The lowest BCUT2D eigenvalue weighted by Gasteiger charge is -2.37. The molecule has 0 N–H and O–H groups in total. The Morgan fingerprint density at radius 2 is 1.82 bits per heavy atom. The second-order valence-corrected chi connectivity index (χ2v) is 8.79. The number of nitro benzene ring substituents is 1. The Balaban J connectivity index is 1.65. The summed E-state index contributed by atoms with van der Waals surface area (Å²) in [6.07, 6.45) is 4.44. The Hall–Kier alpha value is -3.81. The van der Waals surface area contributed by atoms with E-state index in [2.05, 4.69) is 0 Å². The van der Waals surface area contributed by atoms with Gasteiger partial charge in [0, 0.05) is 29.4 Å². The maximum Gasteiger partial charge on any atom is 0.270 e. The summed E-state index contributed by atoms with van der Waals surface area (Å²) in [5.74, 6) is -2.52. The SMILES string of the molecule is CCC(C)N1C(=O)C2C(C1=O)C(C(=O)c1cccc([N+](=O)[O-])c1)N1c3ccccc3C=CC21. The average Bonchev–Trinajstić information content (AvgIpc) is 3.31. The van der Waals surface area contributed by atoms with Gasteiger partial charge in [0.2, 0.25) is 11.8 Å². The van der Waals surface area contributed by atoms with Crippen molar-refractivity contribution in [2.24, 2.45) is 11.8 Å². The summed E-state index contributed by atoms with van der Waals surface area (Å²) in [5.41, 5.74) is 1.63. The standard InChI is InChI=1S/C25H23N3O5/c1-3-14(2)26-24(30)20-19-12-11-15-7-4-5-10-18(15)27(19)22(21(20)25(26)31)23(29)16-8-6-9-17(13-16)28(32)33/h4-14,19-22H,3H2,1-2H3. The van der Waals surface area contributed by atoms with E-state index in [0.717, 1.165) is 11.3 Å². The topological polar surface area (TPSA) is 101 Å². The molecule has 2 aromatic rings. The van der Waals surface area contributed by atoms with Crippen molar-refractivity contribution in [3.63, 3.8) is 0 Å². The van der Waals surface area contributed by atoms with E-state index in [-0.39, 0.29) is 29.1 Å². The van der Waals surface area contributed by atoms with Crippen molar-refractivity contribution >= 4 is 35.0 Å². The van der Waals surface area contributed by atoms with Crippen molar-refractivity contribution < 1.29 is 19.3 Å². The van der Waals surface area contributed by atoms with E-state index >= 15 is 0 Å². The second kappa shape index (κ2) is 7.65. The van der Waals surface area contributed by atoms with Crippen LogP contribution in [-0.2, 0) is 9.59 Å². The van der Waals surface area contributed by atoms with Gasteiger partial charge in [0.15, 0.2) is 5.78 Å². The molecule has 3 aliphatic heterocycles. The Morgan fingerprint density at radius 3 is 2.55 bits per heavy atom. The first-order chi connectivity index (χ1) is 15.8. The number of hydrogen-bond donors (Lipinski definition) is 0. The molecule has 0 aliphatic carbocycles. The summed E-state index contributed by atoms with van der Waals surface area (Å²) in [6, 6.07) is 11.5. The van der Waals surface area contributed by atoms with Crippen molar-refractivity contribution in [2.75, 3.05) is 4.90 Å². The van der Waals surface area contributed by atoms with E-state index in [1.54, 1.807) is 0 Å². The van der Waals surface area contributed by atoms with Gasteiger partial charge in [-0.05, 0) is 25.0 Å². The number of amides is 2. The van der Waals surface area contributed by atoms with Crippen LogP contribution in [0.1, 0.15) is 36.2 Å². The highest BCUT2D eigenvalue weighted by Gasteiger charge is 2.64. The van der Waals surface area contributed by atoms with E-state index in [1.807, 2.05) is 55.2 Å². The molecule has 8 heteroatoms. The maximum absolute atomic E-state index is 13.9. The number of ketones is 1. The number of carbonyl (C=O) groups is 3. The normalized spacial score (nSPS) is 26.1. The number of benzene rings is 2. The summed E-state index contributed by atoms with van der Waals surface area (Å²) in [6.45, 7) is 3.74. The van der Waals surface area contributed by atoms with E-state index in [1.165, 1.54) is 29.2 Å². The molecule has 0 radical (unpaired) electrons. The number of imide groups is 1. The Kier molecular flexibility index (Phi) is 4.88. The minimum Gasteiger partial charge on any atom is -0.352 e. The van der Waals surface area contributed by atoms with Crippen LogP contribution in [-0.4, -0.2) is 45.5 Å². The molecular weight excluding hydrogens is 422 g/mol. The fourth-order valence-electron chi connectivity index (χ4n) is 5.40. The fourth-order valence-corrected chi connectivity index (χ4v) is 5.40. The molecule has 2 amide bonds. The smallest absolute Gasteiger partial charge is 0.270 e. The number of carbonyl (C=O) groups excluding carboxylic acids is 3. The summed E-state index contributed by atoms with van der Waals surface area (Å²) >= 11 is 0. The molecule has 5 atom stereocenters. The first kappa shape index (κ1) is 21.1. The molecular formula is C25H23N3O5. The summed E-state index contributed by atoms with van der Waals surface area (Å²) < 4.78 is 0. The number of nitrogens with zero attached hydrogens (tertiary/aromatic N) is 3. The van der Waals surface area contributed by atoms with Crippen LogP contribution in [0.4, 0.5) is 11.4 Å². The van der Waals surface area contributed by atoms with Crippen LogP contribution in [0.5, 0.6) is 0 Å². The number of fused-ring (bicyclic) bond motifs is 5. The molecule has 3 aliphatic rings. The molecule has 2 saturated heterocycles. The van der Waals surface area contributed by atoms with Crippen LogP contribution in [0.2, 0.25) is 0 Å². The Morgan fingerprint density at radius 1 is 1.09 bits per heavy atom. The van der Waals surface area contributed by atoms with Gasteiger partial charge in [-0.1, -0.05) is 49.4 Å². The third-order valence-corrected chi connectivity index (χ3v) is 7.09. The highest BCUT2D eigenvalue weighted by Crippen LogP contribution is 2.49. The van der Waals surface area contributed by atoms with Gasteiger partial charge in [0.25, 0.3) is 5.69 Å². The van der Waals surface area contributed by atoms with Crippen LogP contribution < -0.4 is 4.90 Å². The Labute approximate surface area is 190 Å². The zero-order valence-electron chi connectivity index (χ0n) is 18.3. The lowest BCUT2D eigenvalue weighted by Crippen LogP contribution is -2.50. The third kappa shape index (κ3) is 3.01. The van der Waals surface area contributed by atoms with Crippen LogP contribution in [0.3, 0.4) is 0 Å². The molecule has 3 heterocycles. The summed E-state index contributed by atoms with van der Waals surface area (Å²) in [7, 11) is 0. The monoisotopic (exact) mass is 445 g/mol. The lowest BCUT2D eigenvalue weighted by atomic mass is 9.86. The van der Waals surface area contributed by atoms with Crippen molar-refractivity contribution in [3.05, 3.63) is 75.8 Å². The van der Waals surface area contributed by atoms with Gasteiger partial charge in [-0.2, -0.15) is 0 Å². The first-order valence-electron chi connectivity index (χ1n) is 11.1. The molecule has 0 spiro atoms. The van der Waals surface area contributed by atoms with Gasteiger partial charge < -0.3 is 4.90 Å². The highest BCUT2D eigenvalue weighted by molar-refractivity contribution is 6.14. The molecule has 0 bridgehead atoms. The highest BCUT2D eigenvalue weighted by atomic mass is 16.6. The first-order valence-corrected chi connectivity index (χ1v) is 11.1. The van der Waals surface area contributed by atoms with Crippen molar-refractivity contribution in [3.8, 4) is 0 Å². The van der Waals surface area contributed by atoms with Gasteiger partial charge in [-0.3, -0.25) is 29.4 Å². The van der Waals surface area contributed by atoms with Gasteiger partial charge in [0.05, 0.1) is 22.8 Å². The summed E-state index contributed by atoms with van der Waals surface area (Å²) in [4.78, 5) is 54.8. The third-order valence-electron chi connectivity index (χ3n) is 7.09. The molecule has 2 fully saturated rings. The molecule has 0 saturated carbocycles. The van der Waals surface area contributed by atoms with Crippen molar-refractivity contribution in [1.82, 2.24) is 4.90 Å². The number of non-ortho nitro benzene ring substituents is 1. The van der Waals surface area contributed by atoms with Crippen LogP contribution in [0.25, 0.3) is 6.08 Å². The van der Waals surface area contributed by atoms with Gasteiger partial charge in [0.1, 0.15) is 6.04 Å². The minimum absolute atomic E-state index is 0.155. The largest absolute Gasteiger partial charge is 0.352 e. The maximum atomic E-state index is 13.9. The molecule has 5 rings (SSSR count). The van der Waals surface area contributed by atoms with Crippen molar-refractivity contribution in [1.29, 1.82) is 0 Å². The number of anilines is 1. The molecule has 2 aromatic carbocycles. The Bertz CT molecular complexity index is 1220. The van der Waals surface area contributed by atoms with E-state index in [0.29, 0.717) is 6.42 Å². The van der Waals surface area contributed by atoms with Crippen LogP contribution in [0, 0.1) is 22.0 Å². The van der Waals surface area contributed by atoms with Crippen molar-refractivity contribution in [2.45, 2.75) is 38.4 Å². The predicted molar refractivity (Wildman–Crippen MR) is 122 cm³/mol. The van der Waals surface area contributed by atoms with Gasteiger partial charge in [-0.25, -0.2) is 0 Å². The van der Waals surface area contributed by atoms with Gasteiger partial charge >= 0.3 is 0 Å². The minimum atomic E-state index is -0.932. The zero-order chi connectivity index (χ0) is 23.4. The number of hydrogen-bond acceptors (Lipinski definition) is 6. The average molecular weight is 445 g/mol. The molecule has 8 nitrogen and oxygen atoms in total. The zero-order valence-corrected chi connectivity index (χ0v) is 18.3. The quantitative estimate of drug-likeness (QED) is 0.302. The number of rotatable bonds is 5.